The number of rotatable bonds is 3. The van der Waals surface area contributed by atoms with E-state index in [1.54, 1.807) is 23.4 Å². The number of thioether (sulfide) groups is 1. The number of hydrazone groups is 1. The van der Waals surface area contributed by atoms with Gasteiger partial charge in [0.05, 0.1) is 5.69 Å². The van der Waals surface area contributed by atoms with Gasteiger partial charge in [0.1, 0.15) is 21.8 Å². The van der Waals surface area contributed by atoms with Crippen LogP contribution in [0, 0.1) is 13.8 Å². The fourth-order valence-corrected chi connectivity index (χ4v) is 3.79. The number of para-hydroxylation sites is 1. The monoisotopic (exact) mass is 350 g/mol. The van der Waals surface area contributed by atoms with E-state index in [2.05, 4.69) is 46.8 Å². The van der Waals surface area contributed by atoms with Gasteiger partial charge in [-0.1, -0.05) is 59.8 Å². The van der Waals surface area contributed by atoms with Crippen molar-refractivity contribution in [1.29, 1.82) is 0 Å². The summed E-state index contributed by atoms with van der Waals surface area (Å²) in [6, 6.07) is 18.1. The number of benzene rings is 2. The van der Waals surface area contributed by atoms with E-state index in [-0.39, 0.29) is 11.1 Å². The zero-order valence-corrected chi connectivity index (χ0v) is 14.8. The Balaban J connectivity index is 1.67. The van der Waals surface area contributed by atoms with Gasteiger partial charge in [0.25, 0.3) is 0 Å². The average molecular weight is 350 g/mol. The van der Waals surface area contributed by atoms with Gasteiger partial charge < -0.3 is 5.11 Å². The number of nitrogens with one attached hydrogen (secondary N) is 1. The van der Waals surface area contributed by atoms with Crippen LogP contribution in [0.2, 0.25) is 0 Å². The molecule has 0 saturated heterocycles. The average Bonchev–Trinajstić information content (AvgIpc) is 3.22. The summed E-state index contributed by atoms with van der Waals surface area (Å²) in [5, 5.41) is 20.2. The fourth-order valence-electron chi connectivity index (χ4n) is 2.77. The molecule has 5 nitrogen and oxygen atoms in total. The molecule has 25 heavy (non-hydrogen) atoms. The molecule has 126 valence electrons. The second-order valence-electron chi connectivity index (χ2n) is 5.98. The molecule has 0 saturated carbocycles. The first-order chi connectivity index (χ1) is 12.1. The lowest BCUT2D eigenvalue weighted by atomic mass is 10.2. The minimum atomic E-state index is -0.197. The zero-order valence-electron chi connectivity index (χ0n) is 14.0. The SMILES string of the molecule is Cc1ccc(C2=NN[C@@H](c3c(O)c(C)nn3-c3ccccc3)S2)cc1. The van der Waals surface area contributed by atoms with Crippen molar-refractivity contribution < 1.29 is 5.11 Å². The lowest BCUT2D eigenvalue weighted by Crippen LogP contribution is -2.13. The Hall–Kier alpha value is -2.73. The molecule has 2 heterocycles. The van der Waals surface area contributed by atoms with E-state index in [1.807, 2.05) is 30.3 Å². The zero-order chi connectivity index (χ0) is 17.4. The minimum absolute atomic E-state index is 0.197. The molecule has 4 rings (SSSR count). The van der Waals surface area contributed by atoms with E-state index in [0.717, 1.165) is 16.3 Å². The maximum atomic E-state index is 10.5. The summed E-state index contributed by atoms with van der Waals surface area (Å²) in [5.74, 6) is 0.203. The topological polar surface area (TPSA) is 62.4 Å². The largest absolute Gasteiger partial charge is 0.504 e. The molecule has 1 aromatic heterocycles. The van der Waals surface area contributed by atoms with Gasteiger partial charge in [-0.15, -0.1) is 0 Å². The number of hydrogen-bond acceptors (Lipinski definition) is 5. The van der Waals surface area contributed by atoms with Gasteiger partial charge in [0.15, 0.2) is 5.75 Å². The van der Waals surface area contributed by atoms with Crippen molar-refractivity contribution in [1.82, 2.24) is 15.2 Å². The van der Waals surface area contributed by atoms with Gasteiger partial charge >= 0.3 is 0 Å². The highest BCUT2D eigenvalue weighted by molar-refractivity contribution is 8.14. The van der Waals surface area contributed by atoms with Gasteiger partial charge in [0, 0.05) is 5.56 Å². The molecule has 0 spiro atoms. The molecule has 2 aromatic carbocycles. The molecular weight excluding hydrogens is 332 g/mol. The Kier molecular flexibility index (Phi) is 3.97. The van der Waals surface area contributed by atoms with Gasteiger partial charge in [0.2, 0.25) is 0 Å². The van der Waals surface area contributed by atoms with Crippen molar-refractivity contribution in [3.63, 3.8) is 0 Å². The van der Waals surface area contributed by atoms with Crippen molar-refractivity contribution in [3.8, 4) is 11.4 Å². The van der Waals surface area contributed by atoms with Crippen LogP contribution < -0.4 is 5.43 Å². The summed E-state index contributed by atoms with van der Waals surface area (Å²) in [5.41, 5.74) is 7.63. The Morgan fingerprint density at radius 2 is 1.76 bits per heavy atom. The minimum Gasteiger partial charge on any atom is -0.504 e. The van der Waals surface area contributed by atoms with Crippen molar-refractivity contribution in [2.24, 2.45) is 5.10 Å². The number of hydrogen-bond donors (Lipinski definition) is 2. The highest BCUT2D eigenvalue weighted by atomic mass is 32.2. The number of aryl methyl sites for hydroxylation is 2. The maximum absolute atomic E-state index is 10.5. The summed E-state index contributed by atoms with van der Waals surface area (Å²) < 4.78 is 1.78. The van der Waals surface area contributed by atoms with Crippen LogP contribution in [-0.4, -0.2) is 19.9 Å². The fraction of sp³-hybridized carbons (Fsp3) is 0.158. The molecule has 0 fully saturated rings. The van der Waals surface area contributed by atoms with E-state index in [0.29, 0.717) is 11.4 Å². The van der Waals surface area contributed by atoms with E-state index in [1.165, 1.54) is 5.56 Å². The summed E-state index contributed by atoms with van der Waals surface area (Å²) in [6.45, 7) is 3.87. The number of aromatic hydroxyl groups is 1. The summed E-state index contributed by atoms with van der Waals surface area (Å²) in [7, 11) is 0. The lowest BCUT2D eigenvalue weighted by Gasteiger charge is -2.13. The molecule has 3 aromatic rings. The van der Waals surface area contributed by atoms with Gasteiger partial charge in [-0.2, -0.15) is 10.2 Å². The van der Waals surface area contributed by atoms with E-state index in [4.69, 9.17) is 0 Å². The highest BCUT2D eigenvalue weighted by Crippen LogP contribution is 2.40. The van der Waals surface area contributed by atoms with E-state index >= 15 is 0 Å². The Morgan fingerprint density at radius 1 is 1.04 bits per heavy atom. The molecular formula is C19H18N4OS. The van der Waals surface area contributed by atoms with Gasteiger partial charge in [-0.05, 0) is 26.0 Å². The Morgan fingerprint density at radius 3 is 2.48 bits per heavy atom. The first-order valence-electron chi connectivity index (χ1n) is 8.04. The molecule has 0 amide bonds. The molecule has 0 aliphatic carbocycles. The first-order valence-corrected chi connectivity index (χ1v) is 8.92. The molecule has 1 aliphatic rings. The standard InChI is InChI=1S/C19H18N4OS/c1-12-8-10-14(11-9-12)18-20-21-19(25-18)16-17(24)13(2)22-23(16)15-6-4-3-5-7-15/h3-11,19,21,24H,1-2H3/t19-/m1/s1. The Bertz CT molecular complexity index is 932. The van der Waals surface area contributed by atoms with E-state index in [9.17, 15) is 5.11 Å². The van der Waals surface area contributed by atoms with Crippen molar-refractivity contribution in [2.75, 3.05) is 0 Å². The second-order valence-corrected chi connectivity index (χ2v) is 7.07. The molecule has 1 aliphatic heterocycles. The van der Waals surface area contributed by atoms with Gasteiger partial charge in [-0.25, -0.2) is 4.68 Å². The first kappa shape index (κ1) is 15.8. The predicted octanol–water partition coefficient (Wildman–Crippen LogP) is 3.89. The maximum Gasteiger partial charge on any atom is 0.163 e. The molecule has 1 atom stereocenters. The third kappa shape index (κ3) is 2.89. The Labute approximate surface area is 150 Å². The van der Waals surface area contributed by atoms with E-state index < -0.39 is 0 Å². The summed E-state index contributed by atoms with van der Waals surface area (Å²) >= 11 is 1.58. The highest BCUT2D eigenvalue weighted by Gasteiger charge is 2.30. The predicted molar refractivity (Wildman–Crippen MR) is 101 cm³/mol. The van der Waals surface area contributed by atoms with Crippen LogP contribution in [0.15, 0.2) is 59.7 Å². The van der Waals surface area contributed by atoms with Crippen LogP contribution in [0.1, 0.15) is 27.9 Å². The third-order valence-corrected chi connectivity index (χ3v) is 5.24. The van der Waals surface area contributed by atoms with Crippen LogP contribution >= 0.6 is 11.8 Å². The van der Waals surface area contributed by atoms with Crippen LogP contribution in [0.25, 0.3) is 5.69 Å². The second kappa shape index (κ2) is 6.29. The number of nitrogens with zero attached hydrogens (tertiary/aromatic N) is 3. The van der Waals surface area contributed by atoms with Crippen LogP contribution in [0.3, 0.4) is 0 Å². The lowest BCUT2D eigenvalue weighted by molar-refractivity contribution is 0.459. The normalized spacial score (nSPS) is 16.6. The number of aromatic nitrogens is 2. The third-order valence-electron chi connectivity index (χ3n) is 4.12. The molecule has 6 heteroatoms. The van der Waals surface area contributed by atoms with Crippen molar-refractivity contribution in [3.05, 3.63) is 77.1 Å². The molecule has 2 N–H and O–H groups in total. The summed E-state index contributed by atoms with van der Waals surface area (Å²) in [4.78, 5) is 0. The van der Waals surface area contributed by atoms with Crippen molar-refractivity contribution in [2.45, 2.75) is 19.2 Å². The molecule has 0 unspecified atom stereocenters. The van der Waals surface area contributed by atoms with Crippen LogP contribution in [0.5, 0.6) is 5.75 Å². The summed E-state index contributed by atoms with van der Waals surface area (Å²) in [6.07, 6.45) is 0. The smallest absolute Gasteiger partial charge is 0.163 e. The molecule has 0 radical (unpaired) electrons. The van der Waals surface area contributed by atoms with Crippen LogP contribution in [-0.2, 0) is 0 Å². The molecule has 0 bridgehead atoms. The quantitative estimate of drug-likeness (QED) is 0.752. The van der Waals surface area contributed by atoms with Gasteiger partial charge in [-0.3, -0.25) is 5.43 Å². The van der Waals surface area contributed by atoms with Crippen molar-refractivity contribution >= 4 is 16.8 Å². The van der Waals surface area contributed by atoms with Crippen LogP contribution in [0.4, 0.5) is 0 Å².